The van der Waals surface area contributed by atoms with E-state index in [0.29, 0.717) is 0 Å². The maximum Gasteiger partial charge on any atom is 0.237 e. The lowest BCUT2D eigenvalue weighted by atomic mass is 9.82. The number of imidazole rings is 1. The third-order valence-corrected chi connectivity index (χ3v) is 7.02. The topological polar surface area (TPSA) is 51.9 Å². The molecule has 1 fully saturated rings. The maximum atomic E-state index is 6.29. The molecule has 1 spiro atoms. The summed E-state index contributed by atoms with van der Waals surface area (Å²) in [5.74, 6) is 1.79. The zero-order valence-corrected chi connectivity index (χ0v) is 19.1. The number of benzene rings is 2. The van der Waals surface area contributed by atoms with E-state index in [9.17, 15) is 0 Å². The van der Waals surface area contributed by atoms with Crippen LogP contribution in [0.4, 0.5) is 0 Å². The minimum Gasteiger partial charge on any atom is -0.495 e. The Kier molecular flexibility index (Phi) is 4.75. The van der Waals surface area contributed by atoms with Crippen LogP contribution in [0.5, 0.6) is 5.75 Å². The van der Waals surface area contributed by atoms with E-state index in [1.807, 2.05) is 24.0 Å². The summed E-state index contributed by atoms with van der Waals surface area (Å²) in [6.07, 6.45) is 11.3. The molecule has 0 radical (unpaired) electrons. The molecule has 2 aromatic carbocycles. The quantitative estimate of drug-likeness (QED) is 0.562. The first-order chi connectivity index (χ1) is 16.2. The molecule has 3 aromatic rings. The normalized spacial score (nSPS) is 22.7. The standard InChI is InChI=1S/C27H28N4O2/c1-19-17-30(18-28-19)24-12-11-20(16-25(24)32-2)15-22-9-6-14-31-26(22)29-33-27(31)13-5-8-21-7-3-4-10-23(21)27/h3-4,7,10-12,15-18H,5-6,8-9,13-14H2,1-2H3/b22-15+. The molecule has 1 aliphatic carbocycles. The van der Waals surface area contributed by atoms with Gasteiger partial charge in [0.15, 0.2) is 5.84 Å². The van der Waals surface area contributed by atoms with Crippen LogP contribution >= 0.6 is 0 Å². The van der Waals surface area contributed by atoms with Gasteiger partial charge in [-0.05, 0) is 67.5 Å². The van der Waals surface area contributed by atoms with Crippen molar-refractivity contribution in [3.63, 3.8) is 0 Å². The van der Waals surface area contributed by atoms with Crippen molar-refractivity contribution in [2.45, 2.75) is 44.8 Å². The van der Waals surface area contributed by atoms with Gasteiger partial charge in [-0.15, -0.1) is 0 Å². The highest BCUT2D eigenvalue weighted by Gasteiger charge is 2.51. The second-order valence-corrected chi connectivity index (χ2v) is 9.08. The van der Waals surface area contributed by atoms with Crippen molar-refractivity contribution in [1.82, 2.24) is 14.5 Å². The maximum absolute atomic E-state index is 6.29. The van der Waals surface area contributed by atoms with Gasteiger partial charge in [0.25, 0.3) is 0 Å². The number of hydrogen-bond acceptors (Lipinski definition) is 5. The summed E-state index contributed by atoms with van der Waals surface area (Å²) in [4.78, 5) is 13.0. The number of ether oxygens (including phenoxy) is 1. The number of oxime groups is 1. The van der Waals surface area contributed by atoms with Crippen molar-refractivity contribution in [3.05, 3.63) is 82.9 Å². The van der Waals surface area contributed by atoms with Gasteiger partial charge in [-0.1, -0.05) is 35.5 Å². The van der Waals surface area contributed by atoms with Crippen molar-refractivity contribution in [2.75, 3.05) is 13.7 Å². The van der Waals surface area contributed by atoms with Gasteiger partial charge >= 0.3 is 0 Å². The third kappa shape index (κ3) is 3.24. The van der Waals surface area contributed by atoms with Gasteiger partial charge in [-0.3, -0.25) is 0 Å². The van der Waals surface area contributed by atoms with Crippen LogP contribution in [0.1, 0.15) is 48.1 Å². The Bertz CT molecular complexity index is 1270. The summed E-state index contributed by atoms with van der Waals surface area (Å²) >= 11 is 0. The molecule has 6 heteroatoms. The predicted octanol–water partition coefficient (Wildman–Crippen LogP) is 5.20. The first-order valence-electron chi connectivity index (χ1n) is 11.7. The molecule has 1 saturated heterocycles. The fourth-order valence-electron chi connectivity index (χ4n) is 5.48. The predicted molar refractivity (Wildman–Crippen MR) is 128 cm³/mol. The van der Waals surface area contributed by atoms with Gasteiger partial charge in [0.2, 0.25) is 5.72 Å². The van der Waals surface area contributed by atoms with Crippen LogP contribution in [0.3, 0.4) is 0 Å². The summed E-state index contributed by atoms with van der Waals surface area (Å²) in [6.45, 7) is 2.95. The van der Waals surface area contributed by atoms with Crippen molar-refractivity contribution in [2.24, 2.45) is 5.16 Å². The van der Waals surface area contributed by atoms with Crippen LogP contribution in [-0.2, 0) is 17.0 Å². The Morgan fingerprint density at radius 3 is 2.88 bits per heavy atom. The SMILES string of the molecule is COc1cc(/C=C2\CCCN3C2=NOC32CCCc3ccccc32)ccc1-n1cnc(C)c1. The summed E-state index contributed by atoms with van der Waals surface area (Å²) < 4.78 is 7.70. The third-order valence-electron chi connectivity index (χ3n) is 7.02. The fourth-order valence-corrected chi connectivity index (χ4v) is 5.48. The summed E-state index contributed by atoms with van der Waals surface area (Å²) in [6, 6.07) is 15.0. The second kappa shape index (κ2) is 7.80. The van der Waals surface area contributed by atoms with Crippen LogP contribution in [0.25, 0.3) is 11.8 Å². The second-order valence-electron chi connectivity index (χ2n) is 9.08. The Balaban J connectivity index is 1.34. The van der Waals surface area contributed by atoms with Crippen LogP contribution in [0.2, 0.25) is 0 Å². The molecule has 168 valence electrons. The van der Waals surface area contributed by atoms with Crippen LogP contribution in [0, 0.1) is 6.92 Å². The molecular weight excluding hydrogens is 412 g/mol. The van der Waals surface area contributed by atoms with Gasteiger partial charge in [-0.2, -0.15) is 0 Å². The smallest absolute Gasteiger partial charge is 0.237 e. The van der Waals surface area contributed by atoms with E-state index in [-0.39, 0.29) is 0 Å². The molecular formula is C27H28N4O2. The van der Waals surface area contributed by atoms with E-state index in [1.165, 1.54) is 16.7 Å². The number of aromatic nitrogens is 2. The highest BCUT2D eigenvalue weighted by Crippen LogP contribution is 2.47. The van der Waals surface area contributed by atoms with E-state index in [0.717, 1.165) is 67.2 Å². The first-order valence-corrected chi connectivity index (χ1v) is 11.7. The molecule has 3 aliphatic rings. The van der Waals surface area contributed by atoms with Crippen molar-refractivity contribution in [1.29, 1.82) is 0 Å². The summed E-state index contributed by atoms with van der Waals surface area (Å²) in [5, 5.41) is 4.65. The lowest BCUT2D eigenvalue weighted by Gasteiger charge is -2.43. The zero-order valence-electron chi connectivity index (χ0n) is 19.1. The number of amidine groups is 1. The van der Waals surface area contributed by atoms with Gasteiger partial charge < -0.3 is 19.0 Å². The molecule has 0 amide bonds. The number of hydrogen-bond donors (Lipinski definition) is 0. The monoisotopic (exact) mass is 440 g/mol. The average Bonchev–Trinajstić information content (AvgIpc) is 3.44. The Morgan fingerprint density at radius 1 is 1.12 bits per heavy atom. The molecule has 1 atom stereocenters. The van der Waals surface area contributed by atoms with Gasteiger partial charge in [0.1, 0.15) is 5.75 Å². The van der Waals surface area contributed by atoms with Gasteiger partial charge in [-0.25, -0.2) is 4.98 Å². The average molecular weight is 441 g/mol. The fraction of sp³-hybridized carbons (Fsp3) is 0.333. The molecule has 1 unspecified atom stereocenters. The molecule has 0 N–H and O–H groups in total. The molecule has 2 aliphatic heterocycles. The first kappa shape index (κ1) is 20.1. The van der Waals surface area contributed by atoms with Crippen LogP contribution < -0.4 is 4.74 Å². The van der Waals surface area contributed by atoms with E-state index in [2.05, 4.69) is 63.6 Å². The van der Waals surface area contributed by atoms with Crippen molar-refractivity contribution < 1.29 is 9.57 Å². The number of rotatable bonds is 3. The van der Waals surface area contributed by atoms with Crippen LogP contribution in [-0.4, -0.2) is 33.9 Å². The van der Waals surface area contributed by atoms with Crippen LogP contribution in [0.15, 0.2) is 65.7 Å². The number of nitrogens with zero attached hydrogens (tertiary/aromatic N) is 4. The molecule has 3 heterocycles. The van der Waals surface area contributed by atoms with E-state index < -0.39 is 5.72 Å². The Hall–Kier alpha value is -3.54. The zero-order chi connectivity index (χ0) is 22.4. The van der Waals surface area contributed by atoms with Gasteiger partial charge in [0, 0.05) is 24.7 Å². The minimum atomic E-state index is -0.454. The van der Waals surface area contributed by atoms with Crippen molar-refractivity contribution in [3.8, 4) is 11.4 Å². The van der Waals surface area contributed by atoms with Gasteiger partial charge in [0.05, 0.1) is 24.8 Å². The molecule has 6 nitrogen and oxygen atoms in total. The lowest BCUT2D eigenvalue weighted by molar-refractivity contribution is -0.118. The number of fused-ring (bicyclic) bond motifs is 4. The summed E-state index contributed by atoms with van der Waals surface area (Å²) in [5.41, 5.74) is 6.47. The summed E-state index contributed by atoms with van der Waals surface area (Å²) in [7, 11) is 1.71. The number of methoxy groups -OCH3 is 1. The molecule has 0 bridgehead atoms. The molecule has 33 heavy (non-hydrogen) atoms. The molecule has 0 saturated carbocycles. The molecule has 6 rings (SSSR count). The molecule has 1 aromatic heterocycles. The number of aryl methyl sites for hydroxylation is 2. The number of piperidine rings is 1. The van der Waals surface area contributed by atoms with Crippen molar-refractivity contribution >= 4 is 11.9 Å². The highest BCUT2D eigenvalue weighted by molar-refractivity contribution is 6.03. The van der Waals surface area contributed by atoms with E-state index in [1.54, 1.807) is 7.11 Å². The van der Waals surface area contributed by atoms with E-state index >= 15 is 0 Å². The Labute approximate surface area is 194 Å². The minimum absolute atomic E-state index is 0.454. The highest BCUT2D eigenvalue weighted by atomic mass is 16.7. The Morgan fingerprint density at radius 2 is 2.03 bits per heavy atom. The largest absolute Gasteiger partial charge is 0.495 e. The van der Waals surface area contributed by atoms with E-state index in [4.69, 9.17) is 9.57 Å². The lowest BCUT2D eigenvalue weighted by Crippen LogP contribution is -2.50.